The topological polar surface area (TPSA) is 93.5 Å². The van der Waals surface area contributed by atoms with Crippen molar-refractivity contribution < 1.29 is 18.8 Å². The van der Waals surface area contributed by atoms with Crippen LogP contribution in [0.2, 0.25) is 0 Å². The molecule has 0 aliphatic heterocycles. The van der Waals surface area contributed by atoms with Gasteiger partial charge in [0.15, 0.2) is 5.82 Å². The van der Waals surface area contributed by atoms with Crippen molar-refractivity contribution in [3.63, 3.8) is 0 Å². The van der Waals surface area contributed by atoms with Gasteiger partial charge in [-0.15, -0.1) is 0 Å². The number of nitrogens with zero attached hydrogens (tertiary/aromatic N) is 1. The molecule has 2 aromatic rings. The fourth-order valence-electron chi connectivity index (χ4n) is 1.70. The molecule has 110 valence electrons. The minimum atomic E-state index is -0.397. The molecule has 1 heterocycles. The monoisotopic (exact) mass is 289 g/mol. The fraction of sp³-hybridized carbons (Fsp3) is 0.214. The Hall–Kier alpha value is -2.83. The van der Waals surface area contributed by atoms with Gasteiger partial charge in [0.1, 0.15) is 11.5 Å². The summed E-state index contributed by atoms with van der Waals surface area (Å²) in [5, 5.41) is 8.65. The molecule has 0 fully saturated rings. The Morgan fingerprint density at radius 2 is 2.10 bits per heavy atom. The van der Waals surface area contributed by atoms with Crippen LogP contribution in [0.3, 0.4) is 0 Å². The minimum absolute atomic E-state index is 0.178. The Bertz CT molecular complexity index is 651. The van der Waals surface area contributed by atoms with Gasteiger partial charge in [0.25, 0.3) is 5.91 Å². The number of para-hydroxylation sites is 1. The highest BCUT2D eigenvalue weighted by molar-refractivity contribution is 6.00. The number of carbonyl (C=O) groups is 2. The first-order valence-electron chi connectivity index (χ1n) is 6.24. The molecule has 1 aromatic heterocycles. The maximum Gasteiger partial charge on any atom is 0.255 e. The van der Waals surface area contributed by atoms with E-state index in [-0.39, 0.29) is 12.5 Å². The third kappa shape index (κ3) is 3.82. The molecule has 2 rings (SSSR count). The summed E-state index contributed by atoms with van der Waals surface area (Å²) in [6, 6.07) is 8.35. The number of benzene rings is 1. The van der Waals surface area contributed by atoms with Crippen LogP contribution in [0.25, 0.3) is 0 Å². The number of rotatable bonds is 5. The van der Waals surface area contributed by atoms with Crippen molar-refractivity contribution in [1.82, 2.24) is 10.5 Å². The number of aryl methyl sites for hydroxylation is 1. The fourth-order valence-corrected chi connectivity index (χ4v) is 1.70. The molecule has 0 spiro atoms. The highest BCUT2D eigenvalue weighted by Gasteiger charge is 2.13. The van der Waals surface area contributed by atoms with E-state index in [1.54, 1.807) is 37.3 Å². The Kier molecular flexibility index (Phi) is 4.55. The molecule has 0 atom stereocenters. The molecule has 0 unspecified atom stereocenters. The van der Waals surface area contributed by atoms with Gasteiger partial charge in [-0.25, -0.2) is 0 Å². The van der Waals surface area contributed by atoms with Crippen molar-refractivity contribution in [2.75, 3.05) is 19.0 Å². The zero-order valence-corrected chi connectivity index (χ0v) is 11.7. The number of aromatic nitrogens is 1. The molecule has 0 aliphatic rings. The van der Waals surface area contributed by atoms with Gasteiger partial charge < -0.3 is 19.9 Å². The molecule has 21 heavy (non-hydrogen) atoms. The number of methoxy groups -OCH3 is 1. The van der Waals surface area contributed by atoms with Gasteiger partial charge in [-0.2, -0.15) is 0 Å². The third-order valence-corrected chi connectivity index (χ3v) is 2.66. The van der Waals surface area contributed by atoms with Crippen LogP contribution in [0.15, 0.2) is 34.9 Å². The molecule has 7 heteroatoms. The molecule has 0 aliphatic carbocycles. The number of amides is 2. The zero-order chi connectivity index (χ0) is 15.2. The van der Waals surface area contributed by atoms with Crippen molar-refractivity contribution in [1.29, 1.82) is 0 Å². The lowest BCUT2D eigenvalue weighted by molar-refractivity contribution is -0.115. The smallest absolute Gasteiger partial charge is 0.255 e. The van der Waals surface area contributed by atoms with Crippen LogP contribution in [0.5, 0.6) is 5.75 Å². The molecule has 2 amide bonds. The predicted molar refractivity (Wildman–Crippen MR) is 75.2 cm³/mol. The van der Waals surface area contributed by atoms with Crippen LogP contribution in [0.1, 0.15) is 16.1 Å². The van der Waals surface area contributed by atoms with E-state index < -0.39 is 5.91 Å². The van der Waals surface area contributed by atoms with Gasteiger partial charge in [-0.1, -0.05) is 17.3 Å². The van der Waals surface area contributed by atoms with Crippen LogP contribution < -0.4 is 15.4 Å². The van der Waals surface area contributed by atoms with E-state index in [4.69, 9.17) is 9.26 Å². The van der Waals surface area contributed by atoms with Crippen molar-refractivity contribution in [2.45, 2.75) is 6.92 Å². The van der Waals surface area contributed by atoms with Gasteiger partial charge in [0, 0.05) is 6.07 Å². The van der Waals surface area contributed by atoms with E-state index in [1.807, 2.05) is 0 Å². The molecule has 0 saturated heterocycles. The predicted octanol–water partition coefficient (Wildman–Crippen LogP) is 1.36. The van der Waals surface area contributed by atoms with Gasteiger partial charge in [0.2, 0.25) is 5.91 Å². The van der Waals surface area contributed by atoms with E-state index in [2.05, 4.69) is 15.8 Å². The number of carbonyl (C=O) groups excluding carboxylic acids is 2. The number of anilines is 1. The summed E-state index contributed by atoms with van der Waals surface area (Å²) in [7, 11) is 1.48. The molecule has 0 radical (unpaired) electrons. The van der Waals surface area contributed by atoms with Gasteiger partial charge in [-0.3, -0.25) is 9.59 Å². The summed E-state index contributed by atoms with van der Waals surface area (Å²) in [6.07, 6.45) is 0. The van der Waals surface area contributed by atoms with E-state index in [0.717, 1.165) is 0 Å². The first kappa shape index (κ1) is 14.6. The highest BCUT2D eigenvalue weighted by Crippen LogP contribution is 2.16. The average Bonchev–Trinajstić information content (AvgIpc) is 2.89. The average molecular weight is 289 g/mol. The molecule has 7 nitrogen and oxygen atoms in total. The largest absolute Gasteiger partial charge is 0.496 e. The Morgan fingerprint density at radius 1 is 1.33 bits per heavy atom. The maximum atomic E-state index is 12.0. The van der Waals surface area contributed by atoms with Crippen molar-refractivity contribution in [3.05, 3.63) is 41.7 Å². The first-order chi connectivity index (χ1) is 10.1. The Labute approximate surface area is 121 Å². The normalized spacial score (nSPS) is 10.0. The third-order valence-electron chi connectivity index (χ3n) is 2.66. The summed E-state index contributed by atoms with van der Waals surface area (Å²) in [4.78, 5) is 23.7. The van der Waals surface area contributed by atoms with Crippen molar-refractivity contribution in [2.24, 2.45) is 0 Å². The molecule has 1 aromatic carbocycles. The van der Waals surface area contributed by atoms with Crippen LogP contribution in [0.4, 0.5) is 5.82 Å². The molecular weight excluding hydrogens is 274 g/mol. The van der Waals surface area contributed by atoms with Crippen LogP contribution >= 0.6 is 0 Å². The molecule has 0 bridgehead atoms. The van der Waals surface area contributed by atoms with Gasteiger partial charge in [-0.05, 0) is 19.1 Å². The van der Waals surface area contributed by atoms with Crippen LogP contribution in [-0.4, -0.2) is 30.6 Å². The second-order valence-corrected chi connectivity index (χ2v) is 4.25. The van der Waals surface area contributed by atoms with E-state index in [1.165, 1.54) is 7.11 Å². The van der Waals surface area contributed by atoms with Crippen molar-refractivity contribution in [3.8, 4) is 5.75 Å². The summed E-state index contributed by atoms with van der Waals surface area (Å²) in [5.74, 6) is 0.556. The second kappa shape index (κ2) is 6.56. The summed E-state index contributed by atoms with van der Waals surface area (Å²) in [6.45, 7) is 1.54. The minimum Gasteiger partial charge on any atom is -0.496 e. The molecule has 0 saturated carbocycles. The van der Waals surface area contributed by atoms with Crippen molar-refractivity contribution >= 4 is 17.6 Å². The van der Waals surface area contributed by atoms with Gasteiger partial charge >= 0.3 is 0 Å². The molecular formula is C14H15N3O4. The van der Waals surface area contributed by atoms with E-state index in [9.17, 15) is 9.59 Å². The van der Waals surface area contributed by atoms with Crippen LogP contribution in [0, 0.1) is 6.92 Å². The lowest BCUT2D eigenvalue weighted by atomic mass is 10.2. The Balaban J connectivity index is 1.90. The highest BCUT2D eigenvalue weighted by atomic mass is 16.5. The summed E-state index contributed by atoms with van der Waals surface area (Å²) < 4.78 is 9.91. The second-order valence-electron chi connectivity index (χ2n) is 4.25. The number of hydrogen-bond acceptors (Lipinski definition) is 5. The van der Waals surface area contributed by atoms with Crippen LogP contribution in [-0.2, 0) is 4.79 Å². The standard InChI is InChI=1S/C14H15N3O4/c1-9-7-12(17-21-9)16-13(18)8-15-14(19)10-5-3-4-6-11(10)20-2/h3-7H,8H2,1-2H3,(H,15,19)(H,16,17,18). The van der Waals surface area contributed by atoms with E-state index in [0.29, 0.717) is 22.9 Å². The molecule has 2 N–H and O–H groups in total. The zero-order valence-electron chi connectivity index (χ0n) is 11.7. The SMILES string of the molecule is COc1ccccc1C(=O)NCC(=O)Nc1cc(C)on1. The van der Waals surface area contributed by atoms with Gasteiger partial charge in [0.05, 0.1) is 19.2 Å². The Morgan fingerprint density at radius 3 is 2.76 bits per heavy atom. The number of ether oxygens (including phenoxy) is 1. The number of nitrogens with one attached hydrogen (secondary N) is 2. The lowest BCUT2D eigenvalue weighted by Gasteiger charge is -2.08. The van der Waals surface area contributed by atoms with E-state index >= 15 is 0 Å². The summed E-state index contributed by atoms with van der Waals surface area (Å²) in [5.41, 5.74) is 0.366. The summed E-state index contributed by atoms with van der Waals surface area (Å²) >= 11 is 0. The maximum absolute atomic E-state index is 12.0. The first-order valence-corrected chi connectivity index (χ1v) is 6.24. The number of hydrogen-bond donors (Lipinski definition) is 2. The lowest BCUT2D eigenvalue weighted by Crippen LogP contribution is -2.33. The quantitative estimate of drug-likeness (QED) is 0.866.